The standard InChI is InChI=1S/C20H20BrN3O5S/c21-12-7-5-11(6-8-12)19(28)23-9-16(26)29-10-15(25)24-20-17(18(22)27)13-3-1-2-4-14(13)30-20/h5-8H,1-4,9-10H2,(H2,22,27)(H,23,28)(H,24,25). The molecule has 30 heavy (non-hydrogen) atoms. The zero-order valence-electron chi connectivity index (χ0n) is 16.0. The number of hydrogen-bond acceptors (Lipinski definition) is 6. The van der Waals surface area contributed by atoms with Crippen molar-refractivity contribution in [2.45, 2.75) is 25.7 Å². The predicted octanol–water partition coefficient (Wildman–Crippen LogP) is 2.40. The van der Waals surface area contributed by atoms with Gasteiger partial charge in [-0.05, 0) is 55.5 Å². The number of nitrogens with one attached hydrogen (secondary N) is 2. The molecule has 3 rings (SSSR count). The molecule has 8 nitrogen and oxygen atoms in total. The molecule has 158 valence electrons. The van der Waals surface area contributed by atoms with Gasteiger partial charge in [0.25, 0.3) is 17.7 Å². The number of carbonyl (C=O) groups excluding carboxylic acids is 4. The van der Waals surface area contributed by atoms with Crippen LogP contribution in [-0.2, 0) is 27.2 Å². The van der Waals surface area contributed by atoms with Crippen molar-refractivity contribution in [2.24, 2.45) is 5.73 Å². The van der Waals surface area contributed by atoms with Crippen LogP contribution in [-0.4, -0.2) is 36.8 Å². The van der Waals surface area contributed by atoms with Crippen LogP contribution in [0.1, 0.15) is 44.0 Å². The summed E-state index contributed by atoms with van der Waals surface area (Å²) in [4.78, 5) is 48.9. The fraction of sp³-hybridized carbons (Fsp3) is 0.300. The molecule has 0 fully saturated rings. The Balaban J connectivity index is 1.49. The van der Waals surface area contributed by atoms with Crippen molar-refractivity contribution in [3.8, 4) is 0 Å². The number of fused-ring (bicyclic) bond motifs is 1. The van der Waals surface area contributed by atoms with E-state index in [1.54, 1.807) is 24.3 Å². The molecule has 0 saturated heterocycles. The molecule has 0 atom stereocenters. The smallest absolute Gasteiger partial charge is 0.325 e. The van der Waals surface area contributed by atoms with Gasteiger partial charge in [-0.25, -0.2) is 0 Å². The molecule has 0 saturated carbocycles. The van der Waals surface area contributed by atoms with Crippen molar-refractivity contribution in [2.75, 3.05) is 18.5 Å². The van der Waals surface area contributed by atoms with Gasteiger partial charge < -0.3 is 21.1 Å². The number of nitrogens with two attached hydrogens (primary N) is 1. The second-order valence-corrected chi connectivity index (χ2v) is 8.70. The zero-order valence-corrected chi connectivity index (χ0v) is 18.4. The minimum atomic E-state index is -0.754. The summed E-state index contributed by atoms with van der Waals surface area (Å²) in [5, 5.41) is 5.43. The van der Waals surface area contributed by atoms with Crippen LogP contribution < -0.4 is 16.4 Å². The van der Waals surface area contributed by atoms with Crippen LogP contribution >= 0.6 is 27.3 Å². The Bertz CT molecular complexity index is 987. The molecule has 1 aliphatic rings. The van der Waals surface area contributed by atoms with Crippen LogP contribution in [0.15, 0.2) is 28.7 Å². The molecule has 4 N–H and O–H groups in total. The first-order valence-electron chi connectivity index (χ1n) is 9.28. The molecule has 0 spiro atoms. The van der Waals surface area contributed by atoms with E-state index in [1.165, 1.54) is 11.3 Å². The SMILES string of the molecule is NC(=O)c1c(NC(=O)COC(=O)CNC(=O)c2ccc(Br)cc2)sc2c1CCCC2. The van der Waals surface area contributed by atoms with E-state index in [0.29, 0.717) is 16.1 Å². The minimum absolute atomic E-state index is 0.344. The van der Waals surface area contributed by atoms with Crippen molar-refractivity contribution in [1.82, 2.24) is 5.32 Å². The molecule has 0 bridgehead atoms. The summed E-state index contributed by atoms with van der Waals surface area (Å²) in [5.74, 6) is -2.35. The number of anilines is 1. The van der Waals surface area contributed by atoms with Crippen molar-refractivity contribution in [3.63, 3.8) is 0 Å². The first-order chi connectivity index (χ1) is 14.3. The Morgan fingerprint density at radius 1 is 1.10 bits per heavy atom. The lowest BCUT2D eigenvalue weighted by molar-refractivity contribution is -0.146. The van der Waals surface area contributed by atoms with Crippen molar-refractivity contribution in [1.29, 1.82) is 0 Å². The molecule has 1 aromatic carbocycles. The van der Waals surface area contributed by atoms with Gasteiger partial charge in [-0.1, -0.05) is 15.9 Å². The molecular formula is C20H20BrN3O5S. The summed E-state index contributed by atoms with van der Waals surface area (Å²) in [7, 11) is 0. The Labute approximate surface area is 185 Å². The summed E-state index contributed by atoms with van der Waals surface area (Å²) in [6.45, 7) is -0.907. The highest BCUT2D eigenvalue weighted by atomic mass is 79.9. The number of carbonyl (C=O) groups is 4. The van der Waals surface area contributed by atoms with Gasteiger partial charge in [0.05, 0.1) is 5.56 Å². The number of aryl methyl sites for hydroxylation is 1. The third-order valence-corrected chi connectivity index (χ3v) is 6.27. The lowest BCUT2D eigenvalue weighted by Gasteiger charge is -2.11. The summed E-state index contributed by atoms with van der Waals surface area (Å²) >= 11 is 4.61. The summed E-state index contributed by atoms with van der Waals surface area (Å²) in [6.07, 6.45) is 3.61. The molecular weight excluding hydrogens is 474 g/mol. The van der Waals surface area contributed by atoms with E-state index in [1.807, 2.05) is 0 Å². The van der Waals surface area contributed by atoms with E-state index in [0.717, 1.165) is 40.6 Å². The minimum Gasteiger partial charge on any atom is -0.454 e. The average Bonchev–Trinajstić information content (AvgIpc) is 3.08. The van der Waals surface area contributed by atoms with Gasteiger partial charge in [-0.2, -0.15) is 0 Å². The van der Waals surface area contributed by atoms with Gasteiger partial charge in [0, 0.05) is 14.9 Å². The fourth-order valence-corrected chi connectivity index (χ4v) is 4.71. The number of benzene rings is 1. The van der Waals surface area contributed by atoms with E-state index < -0.39 is 30.3 Å². The summed E-state index contributed by atoms with van der Waals surface area (Å²) < 4.78 is 5.73. The van der Waals surface area contributed by atoms with Crippen LogP contribution in [0.25, 0.3) is 0 Å². The Hall–Kier alpha value is -2.72. The molecule has 0 aliphatic heterocycles. The highest BCUT2D eigenvalue weighted by Crippen LogP contribution is 2.37. The topological polar surface area (TPSA) is 128 Å². The van der Waals surface area contributed by atoms with Crippen molar-refractivity contribution < 1.29 is 23.9 Å². The highest BCUT2D eigenvalue weighted by Gasteiger charge is 2.25. The number of halogens is 1. The first-order valence-corrected chi connectivity index (χ1v) is 10.9. The normalized spacial score (nSPS) is 12.6. The Kier molecular flexibility index (Phi) is 7.22. The number of esters is 1. The van der Waals surface area contributed by atoms with E-state index in [2.05, 4.69) is 26.6 Å². The van der Waals surface area contributed by atoms with Gasteiger partial charge >= 0.3 is 5.97 Å². The number of rotatable bonds is 7. The van der Waals surface area contributed by atoms with Crippen LogP contribution in [0.5, 0.6) is 0 Å². The lowest BCUT2D eigenvalue weighted by Crippen LogP contribution is -2.32. The average molecular weight is 494 g/mol. The molecule has 3 amide bonds. The van der Waals surface area contributed by atoms with E-state index in [9.17, 15) is 19.2 Å². The predicted molar refractivity (Wildman–Crippen MR) is 116 cm³/mol. The third-order valence-electron chi connectivity index (χ3n) is 4.53. The molecule has 0 unspecified atom stereocenters. The maximum Gasteiger partial charge on any atom is 0.325 e. The third kappa shape index (κ3) is 5.45. The van der Waals surface area contributed by atoms with Crippen molar-refractivity contribution >= 4 is 56.0 Å². The van der Waals surface area contributed by atoms with Gasteiger partial charge in [-0.15, -0.1) is 11.3 Å². The van der Waals surface area contributed by atoms with E-state index in [-0.39, 0.29) is 6.54 Å². The summed E-state index contributed by atoms with van der Waals surface area (Å²) in [6, 6.07) is 6.63. The van der Waals surface area contributed by atoms with Crippen molar-refractivity contribution in [3.05, 3.63) is 50.3 Å². The van der Waals surface area contributed by atoms with Gasteiger partial charge in [0.1, 0.15) is 11.5 Å². The van der Waals surface area contributed by atoms with Crippen LogP contribution in [0, 0.1) is 0 Å². The first kappa shape index (κ1) is 22.0. The summed E-state index contributed by atoms with van der Waals surface area (Å²) in [5.41, 5.74) is 7.13. The number of thiophene rings is 1. The maximum absolute atomic E-state index is 12.2. The Morgan fingerprint density at radius 3 is 2.50 bits per heavy atom. The van der Waals surface area contributed by atoms with Crippen LogP contribution in [0.2, 0.25) is 0 Å². The molecule has 0 radical (unpaired) electrons. The molecule has 1 aromatic heterocycles. The number of hydrogen-bond donors (Lipinski definition) is 3. The maximum atomic E-state index is 12.2. The van der Waals surface area contributed by atoms with Crippen LogP contribution in [0.3, 0.4) is 0 Å². The van der Waals surface area contributed by atoms with E-state index >= 15 is 0 Å². The van der Waals surface area contributed by atoms with Gasteiger partial charge in [0.2, 0.25) is 0 Å². The second kappa shape index (κ2) is 9.86. The highest BCUT2D eigenvalue weighted by molar-refractivity contribution is 9.10. The lowest BCUT2D eigenvalue weighted by atomic mass is 9.95. The van der Waals surface area contributed by atoms with E-state index in [4.69, 9.17) is 10.5 Å². The molecule has 2 aromatic rings. The molecule has 1 aliphatic carbocycles. The zero-order chi connectivity index (χ0) is 21.7. The quantitative estimate of drug-likeness (QED) is 0.510. The fourth-order valence-electron chi connectivity index (χ4n) is 3.13. The monoisotopic (exact) mass is 493 g/mol. The van der Waals surface area contributed by atoms with Gasteiger partial charge in [-0.3, -0.25) is 19.2 Å². The van der Waals surface area contributed by atoms with Crippen LogP contribution in [0.4, 0.5) is 5.00 Å². The number of primary amides is 1. The molecule has 1 heterocycles. The molecule has 10 heteroatoms. The largest absolute Gasteiger partial charge is 0.454 e. The van der Waals surface area contributed by atoms with Gasteiger partial charge in [0.15, 0.2) is 6.61 Å². The second-order valence-electron chi connectivity index (χ2n) is 6.68. The number of amides is 3. The Morgan fingerprint density at radius 2 is 1.80 bits per heavy atom. The number of ether oxygens (including phenoxy) is 1.